The van der Waals surface area contributed by atoms with Gasteiger partial charge in [0.05, 0.1) is 19.8 Å². The van der Waals surface area contributed by atoms with Crippen LogP contribution in [0.5, 0.6) is 0 Å². The zero-order chi connectivity index (χ0) is 21.6. The van der Waals surface area contributed by atoms with Crippen molar-refractivity contribution in [1.82, 2.24) is 5.32 Å². The van der Waals surface area contributed by atoms with Crippen LogP contribution in [0, 0.1) is 11.8 Å². The van der Waals surface area contributed by atoms with Crippen molar-refractivity contribution in [1.29, 1.82) is 0 Å². The standard InChI is InChI=1S/C17H19F3N2O6/c1-8(11(15(25)27-2)16(26)28-3)12(13(21)23)22-14(24)9-5-4-6-10(7-9)17(18,19)20/h4-8,11-12H,1-3H3,(H2,21,23)(H,22,24)/t8-,12-/m1/s1. The Hall–Kier alpha value is -3.11. The molecule has 1 aromatic carbocycles. The fourth-order valence-corrected chi connectivity index (χ4v) is 2.49. The molecule has 3 N–H and O–H groups in total. The largest absolute Gasteiger partial charge is 0.468 e. The number of amides is 2. The molecule has 11 heteroatoms. The van der Waals surface area contributed by atoms with Crippen molar-refractivity contribution in [2.75, 3.05) is 14.2 Å². The molecule has 0 aliphatic rings. The summed E-state index contributed by atoms with van der Waals surface area (Å²) in [4.78, 5) is 47.9. The van der Waals surface area contributed by atoms with E-state index in [1.807, 2.05) is 0 Å². The summed E-state index contributed by atoms with van der Waals surface area (Å²) in [5, 5.41) is 2.15. The first-order valence-electron chi connectivity index (χ1n) is 7.87. The first-order valence-corrected chi connectivity index (χ1v) is 7.87. The highest BCUT2D eigenvalue weighted by atomic mass is 19.4. The Labute approximate surface area is 158 Å². The Kier molecular flexibility index (Phi) is 7.53. The maximum atomic E-state index is 12.8. The number of rotatable bonds is 7. The van der Waals surface area contributed by atoms with Gasteiger partial charge in [0.25, 0.3) is 5.91 Å². The average Bonchev–Trinajstić information content (AvgIpc) is 2.64. The number of carbonyl (C=O) groups is 4. The van der Waals surface area contributed by atoms with Crippen molar-refractivity contribution < 1.29 is 41.8 Å². The van der Waals surface area contributed by atoms with Gasteiger partial charge >= 0.3 is 18.1 Å². The second-order valence-electron chi connectivity index (χ2n) is 5.82. The van der Waals surface area contributed by atoms with E-state index >= 15 is 0 Å². The Morgan fingerprint density at radius 3 is 2.04 bits per heavy atom. The molecular formula is C17H19F3N2O6. The third-order valence-electron chi connectivity index (χ3n) is 4.01. The van der Waals surface area contributed by atoms with Gasteiger partial charge in [0.15, 0.2) is 5.92 Å². The van der Waals surface area contributed by atoms with E-state index in [9.17, 15) is 32.3 Å². The van der Waals surface area contributed by atoms with Crippen LogP contribution in [-0.2, 0) is 30.0 Å². The number of alkyl halides is 3. The van der Waals surface area contributed by atoms with Crippen LogP contribution in [0.25, 0.3) is 0 Å². The number of hydrogen-bond donors (Lipinski definition) is 2. The van der Waals surface area contributed by atoms with E-state index < -0.39 is 53.4 Å². The topological polar surface area (TPSA) is 125 Å². The van der Waals surface area contributed by atoms with Crippen molar-refractivity contribution in [3.8, 4) is 0 Å². The fraction of sp³-hybridized carbons (Fsp3) is 0.412. The quantitative estimate of drug-likeness (QED) is 0.514. The molecule has 0 bridgehead atoms. The van der Waals surface area contributed by atoms with Crippen LogP contribution in [0.2, 0.25) is 0 Å². The highest BCUT2D eigenvalue weighted by molar-refractivity contribution is 5.99. The highest BCUT2D eigenvalue weighted by Gasteiger charge is 2.41. The average molecular weight is 404 g/mol. The summed E-state index contributed by atoms with van der Waals surface area (Å²) >= 11 is 0. The zero-order valence-corrected chi connectivity index (χ0v) is 15.2. The number of carbonyl (C=O) groups excluding carboxylic acids is 4. The van der Waals surface area contributed by atoms with Crippen molar-refractivity contribution in [3.63, 3.8) is 0 Å². The molecule has 1 rings (SSSR count). The molecule has 0 saturated heterocycles. The summed E-state index contributed by atoms with van der Waals surface area (Å²) in [6, 6.07) is 1.92. The van der Waals surface area contributed by atoms with Crippen LogP contribution in [0.4, 0.5) is 13.2 Å². The van der Waals surface area contributed by atoms with Gasteiger partial charge in [0.2, 0.25) is 5.91 Å². The minimum absolute atomic E-state index is 0.388. The van der Waals surface area contributed by atoms with Crippen molar-refractivity contribution in [3.05, 3.63) is 35.4 Å². The van der Waals surface area contributed by atoms with Crippen molar-refractivity contribution in [2.45, 2.75) is 19.1 Å². The highest BCUT2D eigenvalue weighted by Crippen LogP contribution is 2.29. The zero-order valence-electron chi connectivity index (χ0n) is 15.2. The Morgan fingerprint density at radius 1 is 1.07 bits per heavy atom. The SMILES string of the molecule is COC(=O)C(C(=O)OC)[C@@H](C)[C@@H](NC(=O)c1cccc(C(F)(F)F)c1)C(N)=O. The normalized spacial score (nSPS) is 13.4. The monoisotopic (exact) mass is 404 g/mol. The van der Waals surface area contributed by atoms with Crippen LogP contribution >= 0.6 is 0 Å². The number of primary amides is 1. The second kappa shape index (κ2) is 9.20. The molecule has 0 saturated carbocycles. The van der Waals surface area contributed by atoms with Gasteiger partial charge in [-0.15, -0.1) is 0 Å². The molecule has 0 spiro atoms. The fourth-order valence-electron chi connectivity index (χ4n) is 2.49. The lowest BCUT2D eigenvalue weighted by molar-refractivity contribution is -0.162. The van der Waals surface area contributed by atoms with E-state index in [1.165, 1.54) is 6.92 Å². The number of nitrogens with one attached hydrogen (secondary N) is 1. The number of nitrogens with two attached hydrogens (primary N) is 1. The summed E-state index contributed by atoms with van der Waals surface area (Å²) < 4.78 is 47.4. The third kappa shape index (κ3) is 5.44. The minimum Gasteiger partial charge on any atom is -0.468 e. The Morgan fingerprint density at radius 2 is 1.61 bits per heavy atom. The first-order chi connectivity index (χ1) is 12.9. The van der Waals surface area contributed by atoms with E-state index in [4.69, 9.17) is 5.73 Å². The molecule has 0 aliphatic carbocycles. The number of halogens is 3. The predicted octanol–water partition coefficient (Wildman–Crippen LogP) is 0.887. The van der Waals surface area contributed by atoms with E-state index in [-0.39, 0.29) is 5.56 Å². The predicted molar refractivity (Wildman–Crippen MR) is 88.6 cm³/mol. The number of methoxy groups -OCH3 is 2. The molecule has 2 atom stereocenters. The Balaban J connectivity index is 3.16. The van der Waals surface area contributed by atoms with Crippen molar-refractivity contribution >= 4 is 23.8 Å². The van der Waals surface area contributed by atoms with Crippen molar-refractivity contribution in [2.24, 2.45) is 17.6 Å². The van der Waals surface area contributed by atoms with Crippen LogP contribution in [0.3, 0.4) is 0 Å². The molecule has 0 heterocycles. The van der Waals surface area contributed by atoms with Crippen LogP contribution < -0.4 is 11.1 Å². The van der Waals surface area contributed by atoms with Gasteiger partial charge in [-0.3, -0.25) is 19.2 Å². The number of ether oxygens (including phenoxy) is 2. The molecule has 28 heavy (non-hydrogen) atoms. The molecule has 0 fully saturated rings. The van der Waals surface area contributed by atoms with Gasteiger partial charge in [-0.2, -0.15) is 13.2 Å². The lowest BCUT2D eigenvalue weighted by Gasteiger charge is -2.26. The molecule has 0 unspecified atom stereocenters. The lowest BCUT2D eigenvalue weighted by atomic mass is 9.86. The number of hydrogen-bond acceptors (Lipinski definition) is 6. The summed E-state index contributed by atoms with van der Waals surface area (Å²) in [5.41, 5.74) is 3.79. The smallest absolute Gasteiger partial charge is 0.416 e. The molecule has 0 aliphatic heterocycles. The minimum atomic E-state index is -4.67. The number of esters is 2. The van der Waals surface area contributed by atoms with Gasteiger partial charge < -0.3 is 20.5 Å². The van der Waals surface area contributed by atoms with Gasteiger partial charge in [0.1, 0.15) is 6.04 Å². The summed E-state index contributed by atoms with van der Waals surface area (Å²) in [7, 11) is 2.01. The molecule has 0 radical (unpaired) electrons. The third-order valence-corrected chi connectivity index (χ3v) is 4.01. The van der Waals surface area contributed by atoms with Crippen LogP contribution in [0.15, 0.2) is 24.3 Å². The van der Waals surface area contributed by atoms with Gasteiger partial charge in [-0.1, -0.05) is 13.0 Å². The van der Waals surface area contributed by atoms with E-state index in [0.29, 0.717) is 6.07 Å². The second-order valence-corrected chi connectivity index (χ2v) is 5.82. The van der Waals surface area contributed by atoms with Gasteiger partial charge in [-0.05, 0) is 18.2 Å². The Bertz CT molecular complexity index is 750. The number of benzene rings is 1. The van der Waals surface area contributed by atoms with E-state index in [2.05, 4.69) is 14.8 Å². The molecule has 154 valence electrons. The molecule has 8 nitrogen and oxygen atoms in total. The van der Waals surface area contributed by atoms with Crippen LogP contribution in [-0.4, -0.2) is 44.0 Å². The summed E-state index contributed by atoms with van der Waals surface area (Å²) in [6.07, 6.45) is -4.67. The molecule has 0 aromatic heterocycles. The molecule has 2 amide bonds. The first kappa shape index (κ1) is 22.9. The molecular weight excluding hydrogens is 385 g/mol. The van der Waals surface area contributed by atoms with Gasteiger partial charge in [0, 0.05) is 11.5 Å². The summed E-state index contributed by atoms with van der Waals surface area (Å²) in [5.74, 6) is -7.00. The van der Waals surface area contributed by atoms with Gasteiger partial charge in [-0.25, -0.2) is 0 Å². The maximum absolute atomic E-state index is 12.8. The maximum Gasteiger partial charge on any atom is 0.416 e. The van der Waals surface area contributed by atoms with E-state index in [0.717, 1.165) is 32.4 Å². The summed E-state index contributed by atoms with van der Waals surface area (Å²) in [6.45, 7) is 1.26. The van der Waals surface area contributed by atoms with Crippen LogP contribution in [0.1, 0.15) is 22.8 Å². The lowest BCUT2D eigenvalue weighted by Crippen LogP contribution is -2.52. The van der Waals surface area contributed by atoms with E-state index in [1.54, 1.807) is 0 Å². The molecule has 1 aromatic rings.